The van der Waals surface area contributed by atoms with Gasteiger partial charge >= 0.3 is 0 Å². The van der Waals surface area contributed by atoms with E-state index in [0.29, 0.717) is 17.5 Å². The summed E-state index contributed by atoms with van der Waals surface area (Å²) < 4.78 is 15.2. The molecule has 0 unspecified atom stereocenters. The molecule has 0 saturated carbocycles. The summed E-state index contributed by atoms with van der Waals surface area (Å²) in [4.78, 5) is 16.1. The molecule has 0 spiro atoms. The van der Waals surface area contributed by atoms with Crippen molar-refractivity contribution in [2.24, 2.45) is 0 Å². The minimum atomic E-state index is 0.545. The van der Waals surface area contributed by atoms with Crippen LogP contribution in [0.4, 0.5) is 0 Å². The van der Waals surface area contributed by atoms with E-state index in [9.17, 15) is 0 Å². The Bertz CT molecular complexity index is 3880. The van der Waals surface area contributed by atoms with Crippen molar-refractivity contribution in [1.29, 1.82) is 0 Å². The molecule has 0 aliphatic heterocycles. The molecule has 61 heavy (non-hydrogen) atoms. The third-order valence-corrected chi connectivity index (χ3v) is 12.0. The maximum Gasteiger partial charge on any atom is 0.166 e. The van der Waals surface area contributed by atoms with Crippen molar-refractivity contribution >= 4 is 76.5 Å². The van der Waals surface area contributed by atoms with Gasteiger partial charge in [0.2, 0.25) is 0 Å². The molecule has 284 valence electrons. The van der Waals surface area contributed by atoms with Gasteiger partial charge in [-0.15, -0.1) is 0 Å². The van der Waals surface area contributed by atoms with Crippen LogP contribution in [0.15, 0.2) is 203 Å². The van der Waals surface area contributed by atoms with Crippen LogP contribution in [0, 0.1) is 0 Å². The van der Waals surface area contributed by atoms with Crippen LogP contribution < -0.4 is 0 Å². The van der Waals surface area contributed by atoms with Crippen LogP contribution in [0.2, 0.25) is 0 Å². The predicted molar refractivity (Wildman–Crippen MR) is 248 cm³/mol. The summed E-state index contributed by atoms with van der Waals surface area (Å²) in [6.07, 6.45) is 0. The second kappa shape index (κ2) is 13.1. The third-order valence-electron chi connectivity index (χ3n) is 12.0. The van der Waals surface area contributed by atoms with Gasteiger partial charge in [0.1, 0.15) is 22.3 Å². The Morgan fingerprint density at radius 1 is 0.328 bits per heavy atom. The zero-order valence-electron chi connectivity index (χ0n) is 32.6. The van der Waals surface area contributed by atoms with E-state index in [-0.39, 0.29) is 0 Å². The number of hydrogen-bond donors (Lipinski definition) is 0. The largest absolute Gasteiger partial charge is 0.456 e. The highest BCUT2D eigenvalue weighted by molar-refractivity contribution is 6.17. The lowest BCUT2D eigenvalue weighted by molar-refractivity contribution is 0.668. The number of benzene rings is 9. The van der Waals surface area contributed by atoms with Gasteiger partial charge in [0.05, 0.1) is 22.3 Å². The molecule has 13 aromatic rings. The average molecular weight is 781 g/mol. The van der Waals surface area contributed by atoms with Crippen LogP contribution in [-0.2, 0) is 0 Å². The zero-order valence-corrected chi connectivity index (χ0v) is 32.6. The Kier molecular flexibility index (Phi) is 7.21. The number of aromatic nitrogens is 4. The molecule has 0 atom stereocenters. The van der Waals surface area contributed by atoms with Crippen molar-refractivity contribution in [2.75, 3.05) is 0 Å². The molecule has 0 amide bonds. The van der Waals surface area contributed by atoms with E-state index in [1.54, 1.807) is 0 Å². The summed E-state index contributed by atoms with van der Waals surface area (Å²) in [5.41, 5.74) is 11.2. The Hall–Kier alpha value is -8.35. The Balaban J connectivity index is 1.13. The zero-order chi connectivity index (χ0) is 40.0. The maximum atomic E-state index is 6.59. The molecule has 0 aliphatic rings. The molecule has 0 aliphatic carbocycles. The molecule has 0 bridgehead atoms. The number of nitrogens with zero attached hydrogens (tertiary/aromatic N) is 4. The molecular formula is C55H32N4O2. The Morgan fingerprint density at radius 2 is 0.885 bits per heavy atom. The Morgan fingerprint density at radius 3 is 1.70 bits per heavy atom. The van der Waals surface area contributed by atoms with Gasteiger partial charge < -0.3 is 13.4 Å². The van der Waals surface area contributed by atoms with Gasteiger partial charge in [-0.1, -0.05) is 133 Å². The lowest BCUT2D eigenvalue weighted by Gasteiger charge is -2.16. The van der Waals surface area contributed by atoms with Crippen molar-refractivity contribution in [3.63, 3.8) is 0 Å². The van der Waals surface area contributed by atoms with Gasteiger partial charge in [-0.05, 0) is 82.6 Å². The van der Waals surface area contributed by atoms with Crippen LogP contribution in [0.1, 0.15) is 0 Å². The third kappa shape index (κ3) is 5.26. The molecule has 4 heterocycles. The standard InChI is InChI=1S/C55H32N4O2/c1-2-12-33(13-3-1)34-22-24-35(25-23-34)53-56-54(38-26-28-49-43(31-38)40-17-7-10-20-47(40)60-49)58-55(57-53)52-45(27-29-50-51(52)41-18-8-11-21-48(41)61-50)59-44-19-9-6-16-39(44)42-30-36-14-4-5-15-37(36)32-46(42)59/h1-32H. The molecule has 0 N–H and O–H groups in total. The summed E-state index contributed by atoms with van der Waals surface area (Å²) in [6, 6.07) is 67.4. The molecule has 0 saturated heterocycles. The summed E-state index contributed by atoms with van der Waals surface area (Å²) in [6.45, 7) is 0. The Labute approximate surface area is 348 Å². The molecule has 6 nitrogen and oxygen atoms in total. The minimum Gasteiger partial charge on any atom is -0.456 e. The van der Waals surface area contributed by atoms with Gasteiger partial charge in [-0.3, -0.25) is 0 Å². The molecule has 4 aromatic heterocycles. The second-order valence-electron chi connectivity index (χ2n) is 15.6. The SMILES string of the molecule is c1ccc(-c2ccc(-c3nc(-c4ccc5oc6ccccc6c5c4)nc(-c4c(-n5c6ccccc6c6cc7ccccc7cc65)ccc5oc6ccccc6c45)n3)cc2)cc1. The van der Waals surface area contributed by atoms with E-state index in [0.717, 1.165) is 88.4 Å². The highest BCUT2D eigenvalue weighted by Gasteiger charge is 2.25. The fourth-order valence-corrected chi connectivity index (χ4v) is 9.19. The van der Waals surface area contributed by atoms with E-state index in [4.69, 9.17) is 23.8 Å². The number of para-hydroxylation sites is 3. The predicted octanol–water partition coefficient (Wildman–Crippen LogP) is 14.6. The van der Waals surface area contributed by atoms with E-state index in [1.807, 2.05) is 48.5 Å². The second-order valence-corrected chi connectivity index (χ2v) is 15.6. The quantitative estimate of drug-likeness (QED) is 0.174. The summed E-state index contributed by atoms with van der Waals surface area (Å²) in [5, 5.41) is 8.69. The highest BCUT2D eigenvalue weighted by atomic mass is 16.3. The van der Waals surface area contributed by atoms with E-state index < -0.39 is 0 Å². The lowest BCUT2D eigenvalue weighted by atomic mass is 10.0. The van der Waals surface area contributed by atoms with Gasteiger partial charge in [0.15, 0.2) is 17.5 Å². The van der Waals surface area contributed by atoms with E-state index in [2.05, 4.69) is 150 Å². The molecule has 9 aromatic carbocycles. The fraction of sp³-hybridized carbons (Fsp3) is 0. The number of hydrogen-bond acceptors (Lipinski definition) is 5. The fourth-order valence-electron chi connectivity index (χ4n) is 9.19. The van der Waals surface area contributed by atoms with Crippen LogP contribution >= 0.6 is 0 Å². The first-order valence-corrected chi connectivity index (χ1v) is 20.4. The van der Waals surface area contributed by atoms with Gasteiger partial charge in [-0.25, -0.2) is 15.0 Å². The monoisotopic (exact) mass is 780 g/mol. The van der Waals surface area contributed by atoms with Crippen LogP contribution in [-0.4, -0.2) is 19.5 Å². The summed E-state index contributed by atoms with van der Waals surface area (Å²) in [5.74, 6) is 1.67. The molecule has 6 heteroatoms. The van der Waals surface area contributed by atoms with Crippen molar-refractivity contribution in [3.8, 4) is 51.0 Å². The van der Waals surface area contributed by atoms with E-state index >= 15 is 0 Å². The van der Waals surface area contributed by atoms with Crippen molar-refractivity contribution in [3.05, 3.63) is 194 Å². The lowest BCUT2D eigenvalue weighted by Crippen LogP contribution is -2.04. The smallest absolute Gasteiger partial charge is 0.166 e. The molecular weight excluding hydrogens is 749 g/mol. The first kappa shape index (κ1) is 33.6. The molecule has 13 rings (SSSR count). The highest BCUT2D eigenvalue weighted by Crippen LogP contribution is 2.44. The normalized spacial score (nSPS) is 11.9. The minimum absolute atomic E-state index is 0.545. The van der Waals surface area contributed by atoms with Crippen LogP contribution in [0.5, 0.6) is 0 Å². The topological polar surface area (TPSA) is 69.9 Å². The van der Waals surface area contributed by atoms with Crippen LogP contribution in [0.3, 0.4) is 0 Å². The van der Waals surface area contributed by atoms with Crippen molar-refractivity contribution in [1.82, 2.24) is 19.5 Å². The number of furan rings is 2. The average Bonchev–Trinajstić information content (AvgIpc) is 4.00. The van der Waals surface area contributed by atoms with Gasteiger partial charge in [0.25, 0.3) is 0 Å². The number of fused-ring (bicyclic) bond motifs is 10. The molecule has 0 fully saturated rings. The molecule has 0 radical (unpaired) electrons. The van der Waals surface area contributed by atoms with Gasteiger partial charge in [-0.2, -0.15) is 0 Å². The maximum absolute atomic E-state index is 6.59. The van der Waals surface area contributed by atoms with Crippen molar-refractivity contribution < 1.29 is 8.83 Å². The van der Waals surface area contributed by atoms with Crippen molar-refractivity contribution in [2.45, 2.75) is 0 Å². The van der Waals surface area contributed by atoms with Gasteiger partial charge in [0, 0.05) is 43.4 Å². The summed E-state index contributed by atoms with van der Waals surface area (Å²) in [7, 11) is 0. The first-order valence-electron chi connectivity index (χ1n) is 20.4. The number of rotatable bonds is 5. The van der Waals surface area contributed by atoms with E-state index in [1.165, 1.54) is 21.5 Å². The summed E-state index contributed by atoms with van der Waals surface area (Å²) >= 11 is 0. The van der Waals surface area contributed by atoms with Crippen LogP contribution in [0.25, 0.3) is 127 Å². The first-order chi connectivity index (χ1) is 30.2.